The summed E-state index contributed by atoms with van der Waals surface area (Å²) in [6.45, 7) is 3.63. The summed E-state index contributed by atoms with van der Waals surface area (Å²) in [5.74, 6) is 1.85. The zero-order chi connectivity index (χ0) is 15.0. The average Bonchev–Trinajstić information content (AvgIpc) is 2.83. The van der Waals surface area contributed by atoms with Crippen molar-refractivity contribution in [2.45, 2.75) is 13.3 Å². The standard InChI is InChI=1S/C12H22N4O2S2/c1-3-16(2)12-15-10(13)9(20-12)11(18)14-5-8-19-7-4-6-17/h17H,3-8,13H2,1-2H3,(H,14,18). The van der Waals surface area contributed by atoms with Crippen LogP contribution in [0.25, 0.3) is 0 Å². The second-order valence-corrected chi connectivity index (χ2v) is 6.37. The third-order valence-electron chi connectivity index (χ3n) is 2.63. The lowest BCUT2D eigenvalue weighted by Crippen LogP contribution is -2.25. The molecule has 1 aromatic heterocycles. The smallest absolute Gasteiger partial charge is 0.265 e. The average molecular weight is 318 g/mol. The maximum absolute atomic E-state index is 12.0. The molecular formula is C12H22N4O2S2. The normalized spacial score (nSPS) is 10.6. The molecule has 4 N–H and O–H groups in total. The number of hydrogen-bond donors (Lipinski definition) is 3. The summed E-state index contributed by atoms with van der Waals surface area (Å²) < 4.78 is 0. The number of thiazole rings is 1. The van der Waals surface area contributed by atoms with E-state index in [2.05, 4.69) is 10.3 Å². The molecule has 1 rings (SSSR count). The van der Waals surface area contributed by atoms with E-state index >= 15 is 0 Å². The Balaban J connectivity index is 2.41. The van der Waals surface area contributed by atoms with Gasteiger partial charge in [0.2, 0.25) is 0 Å². The van der Waals surface area contributed by atoms with Gasteiger partial charge in [0.25, 0.3) is 5.91 Å². The summed E-state index contributed by atoms with van der Waals surface area (Å²) in [6.07, 6.45) is 0.785. The van der Waals surface area contributed by atoms with Gasteiger partial charge >= 0.3 is 0 Å². The molecule has 0 radical (unpaired) electrons. The number of aromatic nitrogens is 1. The maximum Gasteiger partial charge on any atom is 0.265 e. The van der Waals surface area contributed by atoms with Crippen molar-refractivity contribution in [3.05, 3.63) is 4.88 Å². The minimum Gasteiger partial charge on any atom is -0.396 e. The first kappa shape index (κ1) is 17.1. The number of nitrogens with zero attached hydrogens (tertiary/aromatic N) is 2. The minimum atomic E-state index is -0.168. The number of nitrogens with one attached hydrogen (secondary N) is 1. The molecule has 8 heteroatoms. The first-order valence-electron chi connectivity index (χ1n) is 6.54. The zero-order valence-corrected chi connectivity index (χ0v) is 13.5. The SMILES string of the molecule is CCN(C)c1nc(N)c(C(=O)NCCSCCCO)s1. The van der Waals surface area contributed by atoms with Crippen LogP contribution in [0.4, 0.5) is 10.9 Å². The quantitative estimate of drug-likeness (QED) is 0.589. The van der Waals surface area contributed by atoms with E-state index in [9.17, 15) is 4.79 Å². The van der Waals surface area contributed by atoms with E-state index in [4.69, 9.17) is 10.8 Å². The van der Waals surface area contributed by atoms with Crippen molar-refractivity contribution in [2.24, 2.45) is 0 Å². The van der Waals surface area contributed by atoms with E-state index in [1.54, 1.807) is 11.8 Å². The van der Waals surface area contributed by atoms with Crippen LogP contribution in [-0.4, -0.2) is 54.2 Å². The summed E-state index contributed by atoms with van der Waals surface area (Å²) in [4.78, 5) is 18.6. The van der Waals surface area contributed by atoms with Gasteiger partial charge in [-0.1, -0.05) is 11.3 Å². The predicted octanol–water partition coefficient (Wildman–Crippen LogP) is 1.03. The van der Waals surface area contributed by atoms with Gasteiger partial charge in [-0.15, -0.1) is 0 Å². The van der Waals surface area contributed by atoms with Gasteiger partial charge in [-0.3, -0.25) is 4.79 Å². The predicted molar refractivity (Wildman–Crippen MR) is 86.8 cm³/mol. The fraction of sp³-hybridized carbons (Fsp3) is 0.667. The summed E-state index contributed by atoms with van der Waals surface area (Å²) in [5, 5.41) is 12.2. The van der Waals surface area contributed by atoms with E-state index < -0.39 is 0 Å². The van der Waals surface area contributed by atoms with Gasteiger partial charge in [0.1, 0.15) is 10.7 Å². The Labute approximate surface area is 127 Å². The number of nitrogen functional groups attached to an aromatic ring is 1. The molecule has 0 unspecified atom stereocenters. The largest absolute Gasteiger partial charge is 0.396 e. The van der Waals surface area contributed by atoms with Crippen LogP contribution in [0.3, 0.4) is 0 Å². The van der Waals surface area contributed by atoms with E-state index in [1.807, 2.05) is 18.9 Å². The Morgan fingerprint density at radius 1 is 1.55 bits per heavy atom. The number of nitrogens with two attached hydrogens (primary N) is 1. The van der Waals surface area contributed by atoms with Crippen molar-refractivity contribution in [3.8, 4) is 0 Å². The highest BCUT2D eigenvalue weighted by molar-refractivity contribution is 7.99. The molecule has 1 aromatic rings. The number of amides is 1. The van der Waals surface area contributed by atoms with Crippen LogP contribution in [-0.2, 0) is 0 Å². The topological polar surface area (TPSA) is 91.5 Å². The number of aliphatic hydroxyl groups excluding tert-OH is 1. The molecule has 0 atom stereocenters. The number of rotatable bonds is 9. The Morgan fingerprint density at radius 2 is 2.30 bits per heavy atom. The summed E-state index contributed by atoms with van der Waals surface area (Å²) in [5.41, 5.74) is 5.78. The number of carbonyl (C=O) groups excluding carboxylic acids is 1. The van der Waals surface area contributed by atoms with Crippen LogP contribution < -0.4 is 16.0 Å². The van der Waals surface area contributed by atoms with Crippen molar-refractivity contribution in [2.75, 3.05) is 48.9 Å². The molecule has 0 spiro atoms. The van der Waals surface area contributed by atoms with E-state index in [1.165, 1.54) is 11.3 Å². The van der Waals surface area contributed by atoms with E-state index in [0.717, 1.165) is 29.6 Å². The van der Waals surface area contributed by atoms with Crippen LogP contribution in [0.5, 0.6) is 0 Å². The molecule has 20 heavy (non-hydrogen) atoms. The molecule has 0 bridgehead atoms. The lowest BCUT2D eigenvalue weighted by molar-refractivity contribution is 0.0961. The highest BCUT2D eigenvalue weighted by Crippen LogP contribution is 2.27. The molecule has 0 aromatic carbocycles. The third-order valence-corrected chi connectivity index (χ3v) is 4.88. The van der Waals surface area contributed by atoms with E-state index in [-0.39, 0.29) is 18.3 Å². The third kappa shape index (κ3) is 5.18. The maximum atomic E-state index is 12.0. The number of thioether (sulfide) groups is 1. The molecule has 0 saturated heterocycles. The Morgan fingerprint density at radius 3 is 2.95 bits per heavy atom. The number of carbonyl (C=O) groups is 1. The first-order chi connectivity index (χ1) is 9.60. The Hall–Kier alpha value is -0.990. The van der Waals surface area contributed by atoms with Crippen LogP contribution in [0.1, 0.15) is 23.0 Å². The lowest BCUT2D eigenvalue weighted by Gasteiger charge is -2.10. The summed E-state index contributed by atoms with van der Waals surface area (Å²) in [7, 11) is 1.91. The molecule has 1 amide bonds. The Kier molecular flexibility index (Phi) is 7.71. The molecule has 1 heterocycles. The van der Waals surface area contributed by atoms with Crippen molar-refractivity contribution in [1.29, 1.82) is 0 Å². The van der Waals surface area contributed by atoms with Gasteiger partial charge in [0, 0.05) is 32.5 Å². The van der Waals surface area contributed by atoms with Crippen molar-refractivity contribution in [1.82, 2.24) is 10.3 Å². The van der Waals surface area contributed by atoms with Crippen LogP contribution >= 0.6 is 23.1 Å². The molecule has 0 saturated carbocycles. The van der Waals surface area contributed by atoms with Crippen LogP contribution in [0, 0.1) is 0 Å². The van der Waals surface area contributed by atoms with Gasteiger partial charge in [0.05, 0.1) is 0 Å². The molecule has 0 aliphatic rings. The number of hydrogen-bond acceptors (Lipinski definition) is 7. The molecule has 0 aliphatic carbocycles. The molecule has 114 valence electrons. The highest BCUT2D eigenvalue weighted by atomic mass is 32.2. The summed E-state index contributed by atoms with van der Waals surface area (Å²) in [6, 6.07) is 0. The highest BCUT2D eigenvalue weighted by Gasteiger charge is 2.17. The van der Waals surface area contributed by atoms with Crippen LogP contribution in [0.15, 0.2) is 0 Å². The van der Waals surface area contributed by atoms with Crippen molar-refractivity contribution in [3.63, 3.8) is 0 Å². The number of anilines is 2. The number of aliphatic hydroxyl groups is 1. The van der Waals surface area contributed by atoms with Crippen molar-refractivity contribution < 1.29 is 9.90 Å². The first-order valence-corrected chi connectivity index (χ1v) is 8.51. The second kappa shape index (κ2) is 9.04. The molecular weight excluding hydrogens is 296 g/mol. The van der Waals surface area contributed by atoms with Crippen LogP contribution in [0.2, 0.25) is 0 Å². The minimum absolute atomic E-state index is 0.168. The van der Waals surface area contributed by atoms with Gasteiger partial charge in [-0.25, -0.2) is 4.98 Å². The van der Waals surface area contributed by atoms with E-state index in [0.29, 0.717) is 11.4 Å². The molecule has 6 nitrogen and oxygen atoms in total. The fourth-order valence-electron chi connectivity index (χ4n) is 1.37. The molecule has 0 fully saturated rings. The van der Waals surface area contributed by atoms with Gasteiger partial charge in [0.15, 0.2) is 5.13 Å². The van der Waals surface area contributed by atoms with Crippen molar-refractivity contribution >= 4 is 40.0 Å². The monoisotopic (exact) mass is 318 g/mol. The summed E-state index contributed by atoms with van der Waals surface area (Å²) >= 11 is 3.02. The fourth-order valence-corrected chi connectivity index (χ4v) is 3.08. The lowest BCUT2D eigenvalue weighted by atomic mass is 10.4. The zero-order valence-electron chi connectivity index (χ0n) is 11.9. The van der Waals surface area contributed by atoms with Gasteiger partial charge < -0.3 is 21.1 Å². The van der Waals surface area contributed by atoms with Gasteiger partial charge in [-0.05, 0) is 19.1 Å². The molecule has 0 aliphatic heterocycles. The Bertz CT molecular complexity index is 426. The van der Waals surface area contributed by atoms with Gasteiger partial charge in [-0.2, -0.15) is 11.8 Å². The second-order valence-electron chi connectivity index (χ2n) is 4.17.